The van der Waals surface area contributed by atoms with Gasteiger partial charge >= 0.3 is 5.97 Å². The highest BCUT2D eigenvalue weighted by atomic mass is 16.5. The molecule has 0 atom stereocenters. The smallest absolute Gasteiger partial charge is 0.312 e. The zero-order valence-corrected chi connectivity index (χ0v) is 10.3. The van der Waals surface area contributed by atoms with Crippen LogP contribution in [-0.2, 0) is 27.5 Å². The van der Waals surface area contributed by atoms with Crippen LogP contribution < -0.4 is 5.32 Å². The van der Waals surface area contributed by atoms with Gasteiger partial charge in [-0.05, 0) is 18.1 Å². The van der Waals surface area contributed by atoms with E-state index >= 15 is 0 Å². The van der Waals surface area contributed by atoms with Crippen LogP contribution in [0.15, 0.2) is 24.3 Å². The van der Waals surface area contributed by atoms with Crippen LogP contribution in [0.1, 0.15) is 24.5 Å². The lowest BCUT2D eigenvalue weighted by molar-refractivity contribution is -0.140. The third kappa shape index (κ3) is 4.97. The summed E-state index contributed by atoms with van der Waals surface area (Å²) in [5, 5.41) is 11.0. The van der Waals surface area contributed by atoms with Gasteiger partial charge in [0.05, 0.1) is 6.61 Å². The summed E-state index contributed by atoms with van der Waals surface area (Å²) in [6.45, 7) is 3.34. The summed E-state index contributed by atoms with van der Waals surface area (Å²) in [6, 6.07) is 7.58. The molecule has 2 N–H and O–H groups in total. The van der Waals surface area contributed by atoms with Gasteiger partial charge in [-0.1, -0.05) is 24.3 Å². The van der Waals surface area contributed by atoms with E-state index in [1.54, 1.807) is 0 Å². The summed E-state index contributed by atoms with van der Waals surface area (Å²) in [6.07, 6.45) is -0.506. The normalized spacial score (nSPS) is 10.1. The molecule has 98 valence electrons. The first-order chi connectivity index (χ1) is 8.63. The Balaban J connectivity index is 2.55. The van der Waals surface area contributed by atoms with Crippen molar-refractivity contribution in [1.29, 1.82) is 0 Å². The maximum Gasteiger partial charge on any atom is 0.312 e. The lowest BCUT2D eigenvalue weighted by atomic mass is 10.1. The molecule has 0 fully saturated rings. The molecule has 0 bridgehead atoms. The quantitative estimate of drug-likeness (QED) is 0.716. The highest BCUT2D eigenvalue weighted by molar-refractivity contribution is 5.93. The van der Waals surface area contributed by atoms with Crippen molar-refractivity contribution in [3.63, 3.8) is 0 Å². The van der Waals surface area contributed by atoms with Crippen LogP contribution in [-0.4, -0.2) is 23.6 Å². The first-order valence-corrected chi connectivity index (χ1v) is 5.76. The van der Waals surface area contributed by atoms with E-state index in [2.05, 4.69) is 5.32 Å². The van der Waals surface area contributed by atoms with Gasteiger partial charge in [-0.2, -0.15) is 0 Å². The molecule has 5 nitrogen and oxygen atoms in total. The molecule has 0 aliphatic carbocycles. The number of carboxylic acids is 1. The number of amides is 1. The minimum atomic E-state index is -1.13. The Bertz CT molecular complexity index is 417. The SMILES string of the molecule is CCOCc1ccccc1CNC(=O)CC(=O)O. The lowest BCUT2D eigenvalue weighted by Crippen LogP contribution is -2.25. The van der Waals surface area contributed by atoms with Crippen LogP contribution in [0.3, 0.4) is 0 Å². The van der Waals surface area contributed by atoms with Crippen LogP contribution in [0.5, 0.6) is 0 Å². The van der Waals surface area contributed by atoms with Gasteiger partial charge < -0.3 is 15.2 Å². The molecular formula is C13H17NO4. The van der Waals surface area contributed by atoms with Crippen LogP contribution in [0.25, 0.3) is 0 Å². The van der Waals surface area contributed by atoms with Gasteiger partial charge in [-0.15, -0.1) is 0 Å². The first kappa shape index (κ1) is 14.2. The molecule has 1 amide bonds. The van der Waals surface area contributed by atoms with Crippen molar-refractivity contribution in [3.05, 3.63) is 35.4 Å². The van der Waals surface area contributed by atoms with Gasteiger partial charge in [0.25, 0.3) is 0 Å². The number of nitrogens with one attached hydrogen (secondary N) is 1. The number of rotatable bonds is 7. The molecule has 18 heavy (non-hydrogen) atoms. The van der Waals surface area contributed by atoms with Crippen LogP contribution >= 0.6 is 0 Å². The minimum absolute atomic E-state index is 0.315. The maximum absolute atomic E-state index is 11.2. The largest absolute Gasteiger partial charge is 0.481 e. The van der Waals surface area contributed by atoms with Crippen molar-refractivity contribution in [2.45, 2.75) is 26.5 Å². The molecule has 5 heteroatoms. The van der Waals surface area contributed by atoms with Gasteiger partial charge in [-0.3, -0.25) is 9.59 Å². The third-order valence-electron chi connectivity index (χ3n) is 2.37. The highest BCUT2D eigenvalue weighted by Crippen LogP contribution is 2.10. The summed E-state index contributed by atoms with van der Waals surface area (Å²) in [7, 11) is 0. The first-order valence-electron chi connectivity index (χ1n) is 5.76. The van der Waals surface area contributed by atoms with Gasteiger partial charge in [0.1, 0.15) is 6.42 Å². The molecule has 0 aliphatic rings. The summed E-state index contributed by atoms with van der Waals surface area (Å²) < 4.78 is 5.32. The highest BCUT2D eigenvalue weighted by Gasteiger charge is 2.08. The number of ether oxygens (including phenoxy) is 1. The number of carbonyl (C=O) groups excluding carboxylic acids is 1. The Labute approximate surface area is 106 Å². The summed E-state index contributed by atoms with van der Waals surface area (Å²) in [5.74, 6) is -1.62. The van der Waals surface area contributed by atoms with Gasteiger partial charge in [0.15, 0.2) is 0 Å². The standard InChI is InChI=1S/C13H17NO4/c1-2-18-9-11-6-4-3-5-10(11)8-14-12(15)7-13(16)17/h3-6H,2,7-9H2,1H3,(H,14,15)(H,16,17). The fourth-order valence-corrected chi connectivity index (χ4v) is 1.48. The topological polar surface area (TPSA) is 75.6 Å². The second kappa shape index (κ2) is 7.45. The van der Waals surface area contributed by atoms with Crippen molar-refractivity contribution in [3.8, 4) is 0 Å². The summed E-state index contributed by atoms with van der Waals surface area (Å²) >= 11 is 0. The number of aliphatic carboxylic acids is 1. The molecule has 0 unspecified atom stereocenters. The van der Waals surface area contributed by atoms with Crippen molar-refractivity contribution < 1.29 is 19.4 Å². The fraction of sp³-hybridized carbons (Fsp3) is 0.385. The Hall–Kier alpha value is -1.88. The fourth-order valence-electron chi connectivity index (χ4n) is 1.48. The van der Waals surface area contributed by atoms with E-state index in [0.717, 1.165) is 11.1 Å². The van der Waals surface area contributed by atoms with Crippen LogP contribution in [0, 0.1) is 0 Å². The molecule has 0 heterocycles. The van der Waals surface area contributed by atoms with E-state index in [-0.39, 0.29) is 0 Å². The van der Waals surface area contributed by atoms with Gasteiger partial charge in [-0.25, -0.2) is 0 Å². The van der Waals surface area contributed by atoms with E-state index in [9.17, 15) is 9.59 Å². The predicted octanol–water partition coefficient (Wildman–Crippen LogP) is 1.31. The number of carboxylic acid groups (broad SMARTS) is 1. The van der Waals surface area contributed by atoms with Crippen molar-refractivity contribution in [2.75, 3.05) is 6.61 Å². The monoisotopic (exact) mass is 251 g/mol. The average Bonchev–Trinajstić information content (AvgIpc) is 2.34. The van der Waals surface area contributed by atoms with Crippen LogP contribution in [0.2, 0.25) is 0 Å². The zero-order valence-electron chi connectivity index (χ0n) is 10.3. The van der Waals surface area contributed by atoms with Crippen molar-refractivity contribution in [2.24, 2.45) is 0 Å². The average molecular weight is 251 g/mol. The summed E-state index contributed by atoms with van der Waals surface area (Å²) in [4.78, 5) is 21.6. The third-order valence-corrected chi connectivity index (χ3v) is 2.37. The lowest BCUT2D eigenvalue weighted by Gasteiger charge is -2.10. The second-order valence-corrected chi connectivity index (χ2v) is 3.75. The minimum Gasteiger partial charge on any atom is -0.481 e. The van der Waals surface area contributed by atoms with E-state index in [4.69, 9.17) is 9.84 Å². The van der Waals surface area contributed by atoms with Crippen molar-refractivity contribution >= 4 is 11.9 Å². The van der Waals surface area contributed by atoms with E-state index < -0.39 is 18.3 Å². The summed E-state index contributed by atoms with van der Waals surface area (Å²) in [5.41, 5.74) is 1.93. The number of hydrogen-bond acceptors (Lipinski definition) is 3. The Morgan fingerprint density at radius 1 is 1.28 bits per heavy atom. The molecule has 0 spiro atoms. The van der Waals surface area contributed by atoms with E-state index in [1.807, 2.05) is 31.2 Å². The molecule has 1 aromatic carbocycles. The Kier molecular flexibility index (Phi) is 5.87. The molecule has 1 aromatic rings. The Morgan fingerprint density at radius 3 is 2.56 bits per heavy atom. The second-order valence-electron chi connectivity index (χ2n) is 3.75. The molecular weight excluding hydrogens is 234 g/mol. The van der Waals surface area contributed by atoms with Gasteiger partial charge in [0, 0.05) is 13.2 Å². The maximum atomic E-state index is 11.2. The number of carbonyl (C=O) groups is 2. The molecule has 0 saturated heterocycles. The van der Waals surface area contributed by atoms with Gasteiger partial charge in [0.2, 0.25) is 5.91 Å². The number of benzene rings is 1. The molecule has 0 saturated carbocycles. The molecule has 0 aliphatic heterocycles. The van der Waals surface area contributed by atoms with E-state index in [0.29, 0.717) is 19.8 Å². The molecule has 1 rings (SSSR count). The van der Waals surface area contributed by atoms with Crippen LogP contribution in [0.4, 0.5) is 0 Å². The van der Waals surface area contributed by atoms with E-state index in [1.165, 1.54) is 0 Å². The van der Waals surface area contributed by atoms with Crippen molar-refractivity contribution in [1.82, 2.24) is 5.32 Å². The molecule has 0 aromatic heterocycles. The number of hydrogen-bond donors (Lipinski definition) is 2. The predicted molar refractivity (Wildman–Crippen MR) is 65.9 cm³/mol. The molecule has 0 radical (unpaired) electrons. The Morgan fingerprint density at radius 2 is 1.94 bits per heavy atom. The zero-order chi connectivity index (χ0) is 13.4.